The standard InChI is InChI=1S/C20H14ClN3O/c21-14-6-4-5-13(11-14)18-17(25-15-7-2-1-3-8-15)10-9-16-19(18)23-12-24-20(16)22/h1-12H,(H2,22,23,24). The number of rotatable bonds is 3. The predicted octanol–water partition coefficient (Wildman–Crippen LogP) is 5.32. The van der Waals surface area contributed by atoms with Gasteiger partial charge in [-0.05, 0) is 42.0 Å². The Morgan fingerprint density at radius 2 is 1.72 bits per heavy atom. The Balaban J connectivity index is 1.98. The Bertz CT molecular complexity index is 1050. The molecule has 1 heterocycles. The number of fused-ring (bicyclic) bond motifs is 1. The van der Waals surface area contributed by atoms with Crippen LogP contribution in [0.5, 0.6) is 11.5 Å². The number of anilines is 1. The summed E-state index contributed by atoms with van der Waals surface area (Å²) in [5.41, 5.74) is 8.48. The van der Waals surface area contributed by atoms with Crippen molar-refractivity contribution in [2.24, 2.45) is 0 Å². The van der Waals surface area contributed by atoms with Crippen molar-refractivity contribution in [1.82, 2.24) is 9.97 Å². The first kappa shape index (κ1) is 15.4. The second kappa shape index (κ2) is 6.42. The van der Waals surface area contributed by atoms with E-state index in [4.69, 9.17) is 22.1 Å². The van der Waals surface area contributed by atoms with Gasteiger partial charge in [-0.25, -0.2) is 9.97 Å². The molecule has 0 aliphatic heterocycles. The number of benzene rings is 3. The van der Waals surface area contributed by atoms with Gasteiger partial charge < -0.3 is 10.5 Å². The van der Waals surface area contributed by atoms with Crippen LogP contribution in [0.4, 0.5) is 5.82 Å². The van der Waals surface area contributed by atoms with E-state index >= 15 is 0 Å². The van der Waals surface area contributed by atoms with Crippen molar-refractivity contribution >= 4 is 28.3 Å². The van der Waals surface area contributed by atoms with Crippen molar-refractivity contribution in [2.75, 3.05) is 5.73 Å². The van der Waals surface area contributed by atoms with E-state index in [0.717, 1.165) is 27.8 Å². The minimum absolute atomic E-state index is 0.430. The number of aromatic nitrogens is 2. The molecule has 0 bridgehead atoms. The lowest BCUT2D eigenvalue weighted by Gasteiger charge is -2.14. The number of hydrogen-bond acceptors (Lipinski definition) is 4. The van der Waals surface area contributed by atoms with E-state index in [1.165, 1.54) is 6.33 Å². The van der Waals surface area contributed by atoms with Gasteiger partial charge in [0.25, 0.3) is 0 Å². The summed E-state index contributed by atoms with van der Waals surface area (Å²) in [7, 11) is 0. The molecule has 1 aromatic heterocycles. The summed E-state index contributed by atoms with van der Waals surface area (Å²) in [4.78, 5) is 8.51. The topological polar surface area (TPSA) is 61.0 Å². The lowest BCUT2D eigenvalue weighted by Crippen LogP contribution is -1.97. The number of nitrogens with two attached hydrogens (primary N) is 1. The van der Waals surface area contributed by atoms with Crippen LogP contribution in [0.1, 0.15) is 0 Å². The van der Waals surface area contributed by atoms with Crippen molar-refractivity contribution < 1.29 is 4.74 Å². The van der Waals surface area contributed by atoms with Crippen molar-refractivity contribution in [2.45, 2.75) is 0 Å². The van der Waals surface area contributed by atoms with Crippen LogP contribution in [0, 0.1) is 0 Å². The van der Waals surface area contributed by atoms with Crippen LogP contribution in [-0.4, -0.2) is 9.97 Å². The molecule has 0 amide bonds. The van der Waals surface area contributed by atoms with Gasteiger partial charge >= 0.3 is 0 Å². The molecule has 122 valence electrons. The molecule has 2 N–H and O–H groups in total. The van der Waals surface area contributed by atoms with Crippen LogP contribution in [0.3, 0.4) is 0 Å². The van der Waals surface area contributed by atoms with Crippen molar-refractivity contribution in [1.29, 1.82) is 0 Å². The van der Waals surface area contributed by atoms with Crippen LogP contribution in [0.15, 0.2) is 73.1 Å². The van der Waals surface area contributed by atoms with Crippen LogP contribution < -0.4 is 10.5 Å². The van der Waals surface area contributed by atoms with Gasteiger partial charge in [0.1, 0.15) is 23.6 Å². The molecule has 0 spiro atoms. The number of halogens is 1. The number of para-hydroxylation sites is 1. The van der Waals surface area contributed by atoms with Gasteiger partial charge in [0.2, 0.25) is 0 Å². The number of hydrogen-bond donors (Lipinski definition) is 1. The summed E-state index contributed by atoms with van der Waals surface area (Å²) in [6.45, 7) is 0. The summed E-state index contributed by atoms with van der Waals surface area (Å²) >= 11 is 6.19. The smallest absolute Gasteiger partial charge is 0.137 e. The second-order valence-electron chi connectivity index (χ2n) is 5.52. The maximum atomic E-state index is 6.19. The molecule has 0 fully saturated rings. The van der Waals surface area contributed by atoms with Crippen LogP contribution in [0.25, 0.3) is 22.0 Å². The molecule has 0 aliphatic carbocycles. The highest BCUT2D eigenvalue weighted by Gasteiger charge is 2.15. The highest BCUT2D eigenvalue weighted by atomic mass is 35.5. The molecular formula is C20H14ClN3O. The van der Waals surface area contributed by atoms with Crippen LogP contribution >= 0.6 is 11.6 Å². The first-order valence-electron chi connectivity index (χ1n) is 7.74. The molecule has 0 saturated heterocycles. The SMILES string of the molecule is Nc1ncnc2c(-c3cccc(Cl)c3)c(Oc3ccccc3)ccc12. The minimum Gasteiger partial charge on any atom is -0.457 e. The Morgan fingerprint density at radius 1 is 0.880 bits per heavy atom. The van der Waals surface area contributed by atoms with Crippen LogP contribution in [0.2, 0.25) is 5.02 Å². The predicted molar refractivity (Wildman–Crippen MR) is 101 cm³/mol. The molecule has 0 radical (unpaired) electrons. The highest BCUT2D eigenvalue weighted by Crippen LogP contribution is 2.39. The summed E-state index contributed by atoms with van der Waals surface area (Å²) in [5, 5.41) is 1.42. The maximum Gasteiger partial charge on any atom is 0.137 e. The first-order valence-corrected chi connectivity index (χ1v) is 8.12. The van der Waals surface area contributed by atoms with Gasteiger partial charge in [-0.3, -0.25) is 0 Å². The van der Waals surface area contributed by atoms with E-state index in [2.05, 4.69) is 9.97 Å². The first-order chi connectivity index (χ1) is 12.2. The molecule has 0 atom stereocenters. The molecule has 0 unspecified atom stereocenters. The van der Waals surface area contributed by atoms with E-state index in [1.54, 1.807) is 0 Å². The molecule has 25 heavy (non-hydrogen) atoms. The normalized spacial score (nSPS) is 10.8. The number of nitrogens with zero attached hydrogens (tertiary/aromatic N) is 2. The number of ether oxygens (including phenoxy) is 1. The molecule has 5 heteroatoms. The molecule has 4 rings (SSSR count). The largest absolute Gasteiger partial charge is 0.457 e. The molecule has 4 nitrogen and oxygen atoms in total. The molecule has 0 aliphatic rings. The summed E-state index contributed by atoms with van der Waals surface area (Å²) in [6, 6.07) is 20.9. The average molecular weight is 348 g/mol. The second-order valence-corrected chi connectivity index (χ2v) is 5.96. The highest BCUT2D eigenvalue weighted by molar-refractivity contribution is 6.31. The maximum absolute atomic E-state index is 6.19. The van der Waals surface area contributed by atoms with Gasteiger partial charge in [-0.1, -0.05) is 41.9 Å². The number of nitrogen functional groups attached to an aromatic ring is 1. The van der Waals surface area contributed by atoms with E-state index in [1.807, 2.05) is 66.7 Å². The Labute approximate surface area is 149 Å². The zero-order valence-corrected chi connectivity index (χ0v) is 13.9. The Kier molecular flexibility index (Phi) is 3.96. The summed E-state index contributed by atoms with van der Waals surface area (Å²) < 4.78 is 6.11. The lowest BCUT2D eigenvalue weighted by atomic mass is 10.0. The summed E-state index contributed by atoms with van der Waals surface area (Å²) in [5.74, 6) is 1.85. The third-order valence-electron chi connectivity index (χ3n) is 3.88. The van der Waals surface area contributed by atoms with Gasteiger partial charge in [0.05, 0.1) is 11.1 Å². The Hall–Kier alpha value is -3.11. The van der Waals surface area contributed by atoms with E-state index in [-0.39, 0.29) is 0 Å². The molecule has 4 aromatic rings. The quantitative estimate of drug-likeness (QED) is 0.544. The minimum atomic E-state index is 0.430. The van der Waals surface area contributed by atoms with Crippen LogP contribution in [-0.2, 0) is 0 Å². The zero-order chi connectivity index (χ0) is 17.2. The van der Waals surface area contributed by atoms with Gasteiger partial charge in [-0.2, -0.15) is 0 Å². The fourth-order valence-electron chi connectivity index (χ4n) is 2.76. The fraction of sp³-hybridized carbons (Fsp3) is 0. The van der Waals surface area contributed by atoms with Crippen molar-refractivity contribution in [3.8, 4) is 22.6 Å². The van der Waals surface area contributed by atoms with Crippen molar-refractivity contribution in [3.63, 3.8) is 0 Å². The molecule has 0 saturated carbocycles. The van der Waals surface area contributed by atoms with Gasteiger partial charge in [-0.15, -0.1) is 0 Å². The fourth-order valence-corrected chi connectivity index (χ4v) is 2.95. The lowest BCUT2D eigenvalue weighted by molar-refractivity contribution is 0.485. The monoisotopic (exact) mass is 347 g/mol. The average Bonchev–Trinajstić information content (AvgIpc) is 2.62. The third kappa shape index (κ3) is 2.99. The van der Waals surface area contributed by atoms with E-state index in [0.29, 0.717) is 16.6 Å². The Morgan fingerprint density at radius 3 is 2.52 bits per heavy atom. The van der Waals surface area contributed by atoms with E-state index < -0.39 is 0 Å². The summed E-state index contributed by atoms with van der Waals surface area (Å²) in [6.07, 6.45) is 1.46. The molecule has 3 aromatic carbocycles. The van der Waals surface area contributed by atoms with Gasteiger partial charge in [0.15, 0.2) is 0 Å². The zero-order valence-electron chi connectivity index (χ0n) is 13.2. The molecular weight excluding hydrogens is 334 g/mol. The van der Waals surface area contributed by atoms with E-state index in [9.17, 15) is 0 Å². The van der Waals surface area contributed by atoms with Gasteiger partial charge in [0, 0.05) is 10.4 Å². The third-order valence-corrected chi connectivity index (χ3v) is 4.12. The van der Waals surface area contributed by atoms with Crippen molar-refractivity contribution in [3.05, 3.63) is 78.1 Å².